The van der Waals surface area contributed by atoms with E-state index in [1.165, 1.54) is 55.6 Å². The van der Waals surface area contributed by atoms with Gasteiger partial charge in [0.2, 0.25) is 5.76 Å². The van der Waals surface area contributed by atoms with Crippen LogP contribution in [-0.4, -0.2) is 30.5 Å². The number of carbonyl (C=O) groups is 2. The Bertz CT molecular complexity index is 1090. The van der Waals surface area contributed by atoms with E-state index in [1.54, 1.807) is 0 Å². The van der Waals surface area contributed by atoms with Crippen LogP contribution in [0, 0.1) is 15.9 Å². The van der Waals surface area contributed by atoms with Crippen LogP contribution >= 0.6 is 0 Å². The van der Waals surface area contributed by atoms with Crippen LogP contribution < -0.4 is 10.1 Å². The maximum Gasteiger partial charge on any atom is 0.374 e. The largest absolute Gasteiger partial charge is 0.496 e. The SMILES string of the molecule is COc1ccc(NC(=O)COC(=O)c2ccc(-c3ccc(F)cc3)o2)c([N+](=O)[O-])c1. The van der Waals surface area contributed by atoms with E-state index >= 15 is 0 Å². The molecule has 30 heavy (non-hydrogen) atoms. The molecule has 0 aliphatic heterocycles. The van der Waals surface area contributed by atoms with Crippen LogP contribution in [-0.2, 0) is 9.53 Å². The fourth-order valence-corrected chi connectivity index (χ4v) is 2.50. The molecule has 0 spiro atoms. The van der Waals surface area contributed by atoms with E-state index in [9.17, 15) is 24.1 Å². The van der Waals surface area contributed by atoms with Crippen LogP contribution in [0.1, 0.15) is 10.6 Å². The van der Waals surface area contributed by atoms with Crippen molar-refractivity contribution in [2.75, 3.05) is 19.0 Å². The zero-order valence-electron chi connectivity index (χ0n) is 15.6. The Morgan fingerprint density at radius 2 is 1.87 bits per heavy atom. The van der Waals surface area contributed by atoms with Crippen molar-refractivity contribution in [3.63, 3.8) is 0 Å². The molecule has 0 radical (unpaired) electrons. The number of esters is 1. The minimum atomic E-state index is -0.900. The second-order valence-electron chi connectivity index (χ2n) is 5.94. The van der Waals surface area contributed by atoms with Gasteiger partial charge in [0, 0.05) is 5.56 Å². The summed E-state index contributed by atoms with van der Waals surface area (Å²) in [5.41, 5.74) is 0.113. The number of rotatable bonds is 7. The topological polar surface area (TPSA) is 121 Å². The molecule has 0 atom stereocenters. The van der Waals surface area contributed by atoms with Crippen LogP contribution in [0.4, 0.5) is 15.8 Å². The molecule has 0 fully saturated rings. The van der Waals surface area contributed by atoms with Gasteiger partial charge in [-0.15, -0.1) is 0 Å². The Labute approximate surface area is 169 Å². The second kappa shape index (κ2) is 8.86. The Morgan fingerprint density at radius 1 is 1.13 bits per heavy atom. The number of nitro benzene ring substituents is 1. The molecule has 3 rings (SSSR count). The van der Waals surface area contributed by atoms with E-state index in [1.807, 2.05) is 0 Å². The predicted octanol–water partition coefficient (Wildman–Crippen LogP) is 3.80. The fourth-order valence-electron chi connectivity index (χ4n) is 2.50. The number of methoxy groups -OCH3 is 1. The number of hydrogen-bond acceptors (Lipinski definition) is 7. The van der Waals surface area contributed by atoms with Crippen LogP contribution in [0.2, 0.25) is 0 Å². The lowest BCUT2D eigenvalue weighted by Crippen LogP contribution is -2.21. The molecule has 1 N–H and O–H groups in total. The summed E-state index contributed by atoms with van der Waals surface area (Å²) in [5.74, 6) is -1.67. The van der Waals surface area contributed by atoms with Crippen molar-refractivity contribution >= 4 is 23.3 Å². The highest BCUT2D eigenvalue weighted by Crippen LogP contribution is 2.29. The van der Waals surface area contributed by atoms with Crippen molar-refractivity contribution in [2.45, 2.75) is 0 Å². The maximum atomic E-state index is 13.0. The number of ether oxygens (including phenoxy) is 2. The van der Waals surface area contributed by atoms with Gasteiger partial charge in [-0.1, -0.05) is 0 Å². The van der Waals surface area contributed by atoms with Crippen LogP contribution in [0.15, 0.2) is 59.0 Å². The number of halogens is 1. The summed E-state index contributed by atoms with van der Waals surface area (Å²) in [4.78, 5) is 34.6. The predicted molar refractivity (Wildman–Crippen MR) is 103 cm³/mol. The number of nitro groups is 1. The van der Waals surface area contributed by atoms with Gasteiger partial charge in [-0.05, 0) is 48.5 Å². The third-order valence-corrected chi connectivity index (χ3v) is 3.95. The second-order valence-corrected chi connectivity index (χ2v) is 5.94. The van der Waals surface area contributed by atoms with Gasteiger partial charge < -0.3 is 19.2 Å². The first-order valence-electron chi connectivity index (χ1n) is 8.52. The monoisotopic (exact) mass is 414 g/mol. The highest BCUT2D eigenvalue weighted by Gasteiger charge is 2.19. The molecule has 1 heterocycles. The Morgan fingerprint density at radius 3 is 2.53 bits per heavy atom. The molecule has 0 aliphatic rings. The van der Waals surface area contributed by atoms with E-state index < -0.39 is 29.2 Å². The van der Waals surface area contributed by atoms with Crippen molar-refractivity contribution in [1.29, 1.82) is 0 Å². The summed E-state index contributed by atoms with van der Waals surface area (Å²) >= 11 is 0. The lowest BCUT2D eigenvalue weighted by Gasteiger charge is -2.07. The highest BCUT2D eigenvalue weighted by molar-refractivity contribution is 5.96. The summed E-state index contributed by atoms with van der Waals surface area (Å²) in [6, 6.07) is 12.2. The number of carbonyl (C=O) groups excluding carboxylic acids is 2. The Hall–Kier alpha value is -4.21. The number of hydrogen-bond donors (Lipinski definition) is 1. The number of anilines is 1. The van der Waals surface area contributed by atoms with Gasteiger partial charge in [0.05, 0.1) is 18.1 Å². The maximum absolute atomic E-state index is 13.0. The first-order chi connectivity index (χ1) is 14.4. The average Bonchev–Trinajstić information content (AvgIpc) is 3.23. The van der Waals surface area contributed by atoms with E-state index in [2.05, 4.69) is 5.32 Å². The Kier molecular flexibility index (Phi) is 6.06. The molecular formula is C20H15FN2O7. The standard InChI is InChI=1S/C20H15FN2O7/c1-28-14-6-7-15(16(10-14)23(26)27)22-19(24)11-29-20(25)18-9-8-17(30-18)12-2-4-13(21)5-3-12/h2-10H,11H2,1H3,(H,22,24). The molecule has 0 unspecified atom stereocenters. The zero-order chi connectivity index (χ0) is 21.7. The van der Waals surface area contributed by atoms with Crippen molar-refractivity contribution in [3.8, 4) is 17.1 Å². The lowest BCUT2D eigenvalue weighted by atomic mass is 10.2. The number of nitrogens with zero attached hydrogens (tertiary/aromatic N) is 1. The van der Waals surface area contributed by atoms with E-state index in [-0.39, 0.29) is 22.9 Å². The molecule has 9 nitrogen and oxygen atoms in total. The molecule has 0 bridgehead atoms. The molecule has 2 aromatic carbocycles. The summed E-state index contributed by atoms with van der Waals surface area (Å²) < 4.78 is 28.1. The third-order valence-electron chi connectivity index (χ3n) is 3.95. The summed E-state index contributed by atoms with van der Waals surface area (Å²) in [7, 11) is 1.35. The molecule has 0 saturated heterocycles. The smallest absolute Gasteiger partial charge is 0.374 e. The first kappa shape index (κ1) is 20.5. The number of amides is 1. The molecular weight excluding hydrogens is 399 g/mol. The molecule has 10 heteroatoms. The fraction of sp³-hybridized carbons (Fsp3) is 0.100. The average molecular weight is 414 g/mol. The number of benzene rings is 2. The lowest BCUT2D eigenvalue weighted by molar-refractivity contribution is -0.384. The minimum Gasteiger partial charge on any atom is -0.496 e. The summed E-state index contributed by atoms with van der Waals surface area (Å²) in [6.07, 6.45) is 0. The molecule has 3 aromatic rings. The van der Waals surface area contributed by atoms with Gasteiger partial charge in [0.15, 0.2) is 6.61 Å². The number of nitrogens with one attached hydrogen (secondary N) is 1. The van der Waals surface area contributed by atoms with Gasteiger partial charge in [-0.2, -0.15) is 0 Å². The van der Waals surface area contributed by atoms with E-state index in [0.717, 1.165) is 6.07 Å². The van der Waals surface area contributed by atoms with Gasteiger partial charge >= 0.3 is 5.97 Å². The number of furan rings is 1. The van der Waals surface area contributed by atoms with Gasteiger partial charge in [-0.3, -0.25) is 14.9 Å². The molecule has 154 valence electrons. The van der Waals surface area contributed by atoms with Crippen molar-refractivity contribution < 1.29 is 32.8 Å². The van der Waals surface area contributed by atoms with E-state index in [4.69, 9.17) is 13.9 Å². The summed E-state index contributed by atoms with van der Waals surface area (Å²) in [5, 5.41) is 13.4. The minimum absolute atomic E-state index is 0.0709. The van der Waals surface area contributed by atoms with Crippen LogP contribution in [0.3, 0.4) is 0 Å². The Balaban J connectivity index is 1.61. The molecule has 1 amide bonds. The van der Waals surface area contributed by atoms with Crippen molar-refractivity contribution in [1.82, 2.24) is 0 Å². The summed E-state index contributed by atoms with van der Waals surface area (Å²) in [6.45, 7) is -0.686. The van der Waals surface area contributed by atoms with Crippen molar-refractivity contribution in [2.24, 2.45) is 0 Å². The molecule has 0 aliphatic carbocycles. The molecule has 1 aromatic heterocycles. The van der Waals surface area contributed by atoms with Gasteiger partial charge in [-0.25, -0.2) is 9.18 Å². The van der Waals surface area contributed by atoms with Crippen LogP contribution in [0.5, 0.6) is 5.75 Å². The third kappa shape index (κ3) is 4.79. The van der Waals surface area contributed by atoms with E-state index in [0.29, 0.717) is 11.3 Å². The zero-order valence-corrected chi connectivity index (χ0v) is 15.6. The first-order valence-corrected chi connectivity index (χ1v) is 8.52. The van der Waals surface area contributed by atoms with Gasteiger partial charge in [0.25, 0.3) is 11.6 Å². The van der Waals surface area contributed by atoms with Crippen molar-refractivity contribution in [3.05, 3.63) is 76.3 Å². The highest BCUT2D eigenvalue weighted by atomic mass is 19.1. The van der Waals surface area contributed by atoms with Gasteiger partial charge in [0.1, 0.15) is 23.0 Å². The van der Waals surface area contributed by atoms with Crippen LogP contribution in [0.25, 0.3) is 11.3 Å². The normalized spacial score (nSPS) is 10.3. The molecule has 0 saturated carbocycles. The quantitative estimate of drug-likeness (QED) is 0.355.